The number of fused-ring (bicyclic) bond motifs is 1. The zero-order valence-electron chi connectivity index (χ0n) is 9.96. The zero-order chi connectivity index (χ0) is 12.5. The lowest BCUT2D eigenvalue weighted by Crippen LogP contribution is -1.99. The molecule has 18 heavy (non-hydrogen) atoms. The molecule has 0 aliphatic rings. The Bertz CT molecular complexity index is 638. The first kappa shape index (κ1) is 11.4. The van der Waals surface area contributed by atoms with Gasteiger partial charge in [-0.15, -0.1) is 11.3 Å². The molecule has 0 spiro atoms. The van der Waals surface area contributed by atoms with Crippen molar-refractivity contribution < 1.29 is 9.52 Å². The number of aliphatic hydroxyl groups is 1. The van der Waals surface area contributed by atoms with E-state index in [4.69, 9.17) is 4.42 Å². The molecule has 0 saturated heterocycles. The van der Waals surface area contributed by atoms with Crippen LogP contribution in [0.3, 0.4) is 0 Å². The van der Waals surface area contributed by atoms with E-state index < -0.39 is 6.10 Å². The van der Waals surface area contributed by atoms with Crippen molar-refractivity contribution >= 4 is 21.6 Å². The predicted molar refractivity (Wildman–Crippen MR) is 71.7 cm³/mol. The van der Waals surface area contributed by atoms with Gasteiger partial charge in [-0.1, -0.05) is 12.1 Å². The van der Waals surface area contributed by atoms with Crippen molar-refractivity contribution in [3.63, 3.8) is 0 Å². The SMILES string of the molecule is Cc1ccc(C(O)Cc2nc3ccccc3s2)o1. The average Bonchev–Trinajstić information content (AvgIpc) is 2.94. The normalized spacial score (nSPS) is 13.0. The van der Waals surface area contributed by atoms with Crippen LogP contribution in [-0.2, 0) is 6.42 Å². The van der Waals surface area contributed by atoms with Gasteiger partial charge in [0.1, 0.15) is 17.6 Å². The second-order valence-electron chi connectivity index (χ2n) is 4.24. The highest BCUT2D eigenvalue weighted by molar-refractivity contribution is 7.18. The number of nitrogens with zero attached hydrogens (tertiary/aromatic N) is 1. The first-order valence-corrected chi connectivity index (χ1v) is 6.63. The second kappa shape index (κ2) is 4.55. The summed E-state index contributed by atoms with van der Waals surface area (Å²) >= 11 is 1.61. The van der Waals surface area contributed by atoms with E-state index in [1.54, 1.807) is 11.3 Å². The average molecular weight is 259 g/mol. The van der Waals surface area contributed by atoms with E-state index in [-0.39, 0.29) is 0 Å². The van der Waals surface area contributed by atoms with Crippen LogP contribution in [0.2, 0.25) is 0 Å². The summed E-state index contributed by atoms with van der Waals surface area (Å²) < 4.78 is 6.57. The maximum atomic E-state index is 10.1. The van der Waals surface area contributed by atoms with Gasteiger partial charge in [0.05, 0.1) is 15.2 Å². The van der Waals surface area contributed by atoms with Gasteiger partial charge < -0.3 is 9.52 Å². The van der Waals surface area contributed by atoms with Gasteiger partial charge in [-0.3, -0.25) is 0 Å². The topological polar surface area (TPSA) is 46.3 Å². The highest BCUT2D eigenvalue weighted by atomic mass is 32.1. The monoisotopic (exact) mass is 259 g/mol. The molecule has 0 amide bonds. The predicted octanol–water partition coefficient (Wildman–Crippen LogP) is 3.47. The molecule has 0 saturated carbocycles. The minimum absolute atomic E-state index is 0.492. The van der Waals surface area contributed by atoms with Crippen LogP contribution in [0.15, 0.2) is 40.8 Å². The van der Waals surface area contributed by atoms with Crippen molar-refractivity contribution in [1.29, 1.82) is 0 Å². The lowest BCUT2D eigenvalue weighted by molar-refractivity contribution is 0.149. The maximum Gasteiger partial charge on any atom is 0.133 e. The van der Waals surface area contributed by atoms with E-state index in [1.165, 1.54) is 0 Å². The molecular weight excluding hydrogens is 246 g/mol. The highest BCUT2D eigenvalue weighted by Gasteiger charge is 2.14. The standard InChI is InChI=1S/C14H13NO2S/c1-9-6-7-12(17-9)11(16)8-14-15-10-4-2-3-5-13(10)18-14/h2-7,11,16H,8H2,1H3. The van der Waals surface area contributed by atoms with Crippen LogP contribution in [0, 0.1) is 6.92 Å². The molecule has 3 nitrogen and oxygen atoms in total. The summed E-state index contributed by atoms with van der Waals surface area (Å²) in [7, 11) is 0. The maximum absolute atomic E-state index is 10.1. The number of rotatable bonds is 3. The Balaban J connectivity index is 1.83. The number of aryl methyl sites for hydroxylation is 1. The number of aromatic nitrogens is 1. The third-order valence-corrected chi connectivity index (χ3v) is 3.85. The van der Waals surface area contributed by atoms with Gasteiger partial charge >= 0.3 is 0 Å². The summed E-state index contributed by atoms with van der Waals surface area (Å²) in [5, 5.41) is 11.0. The molecule has 1 unspecified atom stereocenters. The van der Waals surface area contributed by atoms with Crippen molar-refractivity contribution in [2.24, 2.45) is 0 Å². The minimum Gasteiger partial charge on any atom is -0.464 e. The molecule has 4 heteroatoms. The first-order chi connectivity index (χ1) is 8.72. The largest absolute Gasteiger partial charge is 0.464 e. The summed E-state index contributed by atoms with van der Waals surface area (Å²) in [4.78, 5) is 4.50. The molecular formula is C14H13NO2S. The fourth-order valence-corrected chi connectivity index (χ4v) is 2.91. The van der Waals surface area contributed by atoms with Crippen molar-refractivity contribution in [3.05, 3.63) is 52.9 Å². The molecule has 0 aliphatic carbocycles. The Morgan fingerprint density at radius 3 is 2.83 bits per heavy atom. The van der Waals surface area contributed by atoms with Crippen LogP contribution in [0.25, 0.3) is 10.2 Å². The summed E-state index contributed by atoms with van der Waals surface area (Å²) in [5.74, 6) is 1.42. The number of aliphatic hydroxyl groups excluding tert-OH is 1. The number of furan rings is 1. The van der Waals surface area contributed by atoms with Crippen molar-refractivity contribution in [2.75, 3.05) is 0 Å². The van der Waals surface area contributed by atoms with Crippen molar-refractivity contribution in [2.45, 2.75) is 19.4 Å². The van der Waals surface area contributed by atoms with Gasteiger partial charge in [-0.2, -0.15) is 0 Å². The van der Waals surface area contributed by atoms with Crippen LogP contribution in [0.4, 0.5) is 0 Å². The van der Waals surface area contributed by atoms with Crippen LogP contribution in [0.5, 0.6) is 0 Å². The molecule has 2 heterocycles. The van der Waals surface area contributed by atoms with Crippen molar-refractivity contribution in [1.82, 2.24) is 4.98 Å². The van der Waals surface area contributed by atoms with Crippen LogP contribution in [-0.4, -0.2) is 10.1 Å². The molecule has 0 bridgehead atoms. The van der Waals surface area contributed by atoms with E-state index in [9.17, 15) is 5.11 Å². The zero-order valence-corrected chi connectivity index (χ0v) is 10.8. The molecule has 92 valence electrons. The van der Waals surface area contributed by atoms with Gasteiger partial charge in [0.25, 0.3) is 0 Å². The van der Waals surface area contributed by atoms with Gasteiger partial charge in [-0.05, 0) is 31.2 Å². The quantitative estimate of drug-likeness (QED) is 0.783. The lowest BCUT2D eigenvalue weighted by Gasteiger charge is -2.04. The van der Waals surface area contributed by atoms with Crippen LogP contribution >= 0.6 is 11.3 Å². The Morgan fingerprint density at radius 2 is 2.11 bits per heavy atom. The van der Waals surface area contributed by atoms with Gasteiger partial charge in [0.2, 0.25) is 0 Å². The number of hydrogen-bond donors (Lipinski definition) is 1. The molecule has 3 rings (SSSR count). The van der Waals surface area contributed by atoms with E-state index in [2.05, 4.69) is 4.98 Å². The molecule has 1 atom stereocenters. The molecule has 0 radical (unpaired) electrons. The second-order valence-corrected chi connectivity index (χ2v) is 5.36. The Labute approximate surface area is 109 Å². The van der Waals surface area contributed by atoms with Crippen LogP contribution in [0.1, 0.15) is 22.6 Å². The van der Waals surface area contributed by atoms with E-state index in [0.717, 1.165) is 21.0 Å². The smallest absolute Gasteiger partial charge is 0.133 e. The molecule has 3 aromatic rings. The van der Waals surface area contributed by atoms with Gasteiger partial charge in [0.15, 0.2) is 0 Å². The number of para-hydroxylation sites is 1. The van der Waals surface area contributed by atoms with Crippen molar-refractivity contribution in [3.8, 4) is 0 Å². The molecule has 2 aromatic heterocycles. The Morgan fingerprint density at radius 1 is 1.28 bits per heavy atom. The molecule has 0 aliphatic heterocycles. The van der Waals surface area contributed by atoms with Crippen LogP contribution < -0.4 is 0 Å². The summed E-state index contributed by atoms with van der Waals surface area (Å²) in [6.07, 6.45) is -0.133. The fraction of sp³-hybridized carbons (Fsp3) is 0.214. The summed E-state index contributed by atoms with van der Waals surface area (Å²) in [6, 6.07) is 11.7. The molecule has 1 N–H and O–H groups in total. The Hall–Kier alpha value is -1.65. The number of hydrogen-bond acceptors (Lipinski definition) is 4. The van der Waals surface area contributed by atoms with E-state index >= 15 is 0 Å². The summed E-state index contributed by atoms with van der Waals surface area (Å²) in [5.41, 5.74) is 0.986. The minimum atomic E-state index is -0.626. The number of thiazole rings is 1. The molecule has 0 fully saturated rings. The molecule has 1 aromatic carbocycles. The highest BCUT2D eigenvalue weighted by Crippen LogP contribution is 2.26. The first-order valence-electron chi connectivity index (χ1n) is 5.81. The third-order valence-electron chi connectivity index (χ3n) is 2.80. The third kappa shape index (κ3) is 2.17. The van der Waals surface area contributed by atoms with Gasteiger partial charge in [-0.25, -0.2) is 4.98 Å². The van der Waals surface area contributed by atoms with E-state index in [1.807, 2.05) is 43.3 Å². The summed E-state index contributed by atoms with van der Waals surface area (Å²) in [6.45, 7) is 1.87. The fourth-order valence-electron chi connectivity index (χ4n) is 1.91. The van der Waals surface area contributed by atoms with E-state index in [0.29, 0.717) is 12.2 Å². The lowest BCUT2D eigenvalue weighted by atomic mass is 10.2. The number of benzene rings is 1. The van der Waals surface area contributed by atoms with Gasteiger partial charge in [0, 0.05) is 6.42 Å². The Kier molecular flexibility index (Phi) is 2.89.